The molecule has 1 atom stereocenters. The molecule has 34 heavy (non-hydrogen) atoms. The van der Waals surface area contributed by atoms with Crippen molar-refractivity contribution in [1.82, 2.24) is 4.98 Å². The highest BCUT2D eigenvalue weighted by atomic mass is 19.1. The van der Waals surface area contributed by atoms with E-state index in [4.69, 9.17) is 9.15 Å². The Hall–Kier alpha value is -4.53. The van der Waals surface area contributed by atoms with Crippen molar-refractivity contribution in [3.63, 3.8) is 0 Å². The molecule has 1 unspecified atom stereocenters. The Kier molecular flexibility index (Phi) is 5.09. The van der Waals surface area contributed by atoms with E-state index in [1.165, 1.54) is 25.6 Å². The van der Waals surface area contributed by atoms with Gasteiger partial charge in [0.2, 0.25) is 5.78 Å². The highest BCUT2D eigenvalue weighted by Gasteiger charge is 2.46. The number of amides is 1. The van der Waals surface area contributed by atoms with Crippen molar-refractivity contribution >= 4 is 28.3 Å². The molecule has 1 amide bonds. The lowest BCUT2D eigenvalue weighted by Gasteiger charge is -2.26. The van der Waals surface area contributed by atoms with Gasteiger partial charge in [0, 0.05) is 23.8 Å². The van der Waals surface area contributed by atoms with Gasteiger partial charge in [0.05, 0.1) is 24.4 Å². The summed E-state index contributed by atoms with van der Waals surface area (Å²) in [6.45, 7) is 0. The number of fused-ring (bicyclic) bond motifs is 1. The van der Waals surface area contributed by atoms with E-state index in [0.717, 1.165) is 23.1 Å². The summed E-state index contributed by atoms with van der Waals surface area (Å²) in [5.74, 6) is -4.21. The zero-order valence-corrected chi connectivity index (χ0v) is 17.7. The van der Waals surface area contributed by atoms with E-state index in [2.05, 4.69) is 4.98 Å². The molecule has 0 saturated heterocycles. The van der Waals surface area contributed by atoms with Crippen molar-refractivity contribution in [3.05, 3.63) is 101 Å². The van der Waals surface area contributed by atoms with E-state index in [-0.39, 0.29) is 11.3 Å². The minimum Gasteiger partial charge on any atom is -0.503 e. The minimum absolute atomic E-state index is 0.163. The van der Waals surface area contributed by atoms with Crippen molar-refractivity contribution in [2.24, 2.45) is 0 Å². The molecule has 9 heteroatoms. The largest absolute Gasteiger partial charge is 0.503 e. The average molecular weight is 462 g/mol. The van der Waals surface area contributed by atoms with Crippen LogP contribution >= 0.6 is 0 Å². The van der Waals surface area contributed by atoms with Crippen LogP contribution in [-0.4, -0.2) is 28.9 Å². The molecule has 3 heterocycles. The average Bonchev–Trinajstić information content (AvgIpc) is 3.40. The summed E-state index contributed by atoms with van der Waals surface area (Å²) in [5, 5.41) is 11.3. The number of para-hydroxylation sites is 1. The van der Waals surface area contributed by atoms with Crippen LogP contribution in [0, 0.1) is 11.6 Å². The van der Waals surface area contributed by atoms with E-state index in [1.54, 1.807) is 30.3 Å². The lowest BCUT2D eigenvalue weighted by molar-refractivity contribution is -0.117. The van der Waals surface area contributed by atoms with Crippen LogP contribution in [0.15, 0.2) is 82.7 Å². The maximum Gasteiger partial charge on any atom is 0.294 e. The van der Waals surface area contributed by atoms with Gasteiger partial charge in [0.15, 0.2) is 22.9 Å². The molecule has 5 rings (SSSR count). The normalized spacial score (nSPS) is 15.9. The summed E-state index contributed by atoms with van der Waals surface area (Å²) in [4.78, 5) is 31.5. The SMILES string of the molecule is COc1cccc2cc(C(=O)C3=C(O)C(=O)N(c4cc(F)ccc4F)C3c3cccnc3)oc12. The number of aliphatic hydroxyl groups excluding tert-OH is 1. The van der Waals surface area contributed by atoms with E-state index in [1.807, 2.05) is 0 Å². The Morgan fingerprint density at radius 1 is 1.15 bits per heavy atom. The Bertz CT molecular complexity index is 1480. The summed E-state index contributed by atoms with van der Waals surface area (Å²) in [6, 6.07) is 11.0. The summed E-state index contributed by atoms with van der Waals surface area (Å²) in [6.07, 6.45) is 2.85. The smallest absolute Gasteiger partial charge is 0.294 e. The molecule has 0 aliphatic carbocycles. The highest BCUT2D eigenvalue weighted by molar-refractivity contribution is 6.20. The number of halogens is 2. The number of Topliss-reactive ketones (excluding diaryl/α,β-unsaturated/α-hetero) is 1. The van der Waals surface area contributed by atoms with E-state index < -0.39 is 40.8 Å². The second-order valence-electron chi connectivity index (χ2n) is 7.54. The number of aromatic nitrogens is 1. The number of furan rings is 1. The zero-order chi connectivity index (χ0) is 24.0. The molecule has 0 bridgehead atoms. The number of hydrogen-bond acceptors (Lipinski definition) is 6. The first-order valence-electron chi connectivity index (χ1n) is 10.1. The van der Waals surface area contributed by atoms with Crippen LogP contribution in [-0.2, 0) is 4.79 Å². The number of carbonyl (C=O) groups is 2. The molecule has 170 valence electrons. The summed E-state index contributed by atoms with van der Waals surface area (Å²) < 4.78 is 39.6. The molecule has 0 spiro atoms. The number of benzene rings is 2. The summed E-state index contributed by atoms with van der Waals surface area (Å²) in [7, 11) is 1.45. The van der Waals surface area contributed by atoms with Crippen molar-refractivity contribution in [3.8, 4) is 5.75 Å². The fourth-order valence-electron chi connectivity index (χ4n) is 4.05. The van der Waals surface area contributed by atoms with Gasteiger partial charge in [-0.3, -0.25) is 19.5 Å². The van der Waals surface area contributed by atoms with Gasteiger partial charge in [0.25, 0.3) is 5.91 Å². The van der Waals surface area contributed by atoms with Crippen molar-refractivity contribution < 1.29 is 32.6 Å². The third-order valence-corrected chi connectivity index (χ3v) is 5.57. The fraction of sp³-hybridized carbons (Fsp3) is 0.0800. The molecule has 4 aromatic rings. The number of pyridine rings is 1. The van der Waals surface area contributed by atoms with Gasteiger partial charge >= 0.3 is 0 Å². The Labute approximate surface area is 191 Å². The molecule has 1 N–H and O–H groups in total. The quantitative estimate of drug-likeness (QED) is 0.424. The number of carbonyl (C=O) groups excluding carboxylic acids is 2. The molecule has 2 aromatic heterocycles. The predicted molar refractivity (Wildman–Crippen MR) is 118 cm³/mol. The van der Waals surface area contributed by atoms with Crippen LogP contribution in [0.4, 0.5) is 14.5 Å². The van der Waals surface area contributed by atoms with E-state index in [9.17, 15) is 23.5 Å². The predicted octanol–water partition coefficient (Wildman–Crippen LogP) is 4.90. The molecule has 0 radical (unpaired) electrons. The van der Waals surface area contributed by atoms with Crippen LogP contribution in [0.5, 0.6) is 5.75 Å². The van der Waals surface area contributed by atoms with Gasteiger partial charge < -0.3 is 14.3 Å². The van der Waals surface area contributed by atoms with Crippen LogP contribution in [0.3, 0.4) is 0 Å². The number of nitrogens with zero attached hydrogens (tertiary/aromatic N) is 2. The van der Waals surface area contributed by atoms with Gasteiger partial charge in [-0.25, -0.2) is 8.78 Å². The van der Waals surface area contributed by atoms with Crippen LogP contribution < -0.4 is 9.64 Å². The Morgan fingerprint density at radius 2 is 1.97 bits per heavy atom. The van der Waals surface area contributed by atoms with Crippen LogP contribution in [0.2, 0.25) is 0 Å². The second kappa shape index (κ2) is 8.11. The Balaban J connectivity index is 1.68. The molecule has 1 aliphatic heterocycles. The highest BCUT2D eigenvalue weighted by Crippen LogP contribution is 2.43. The molecule has 7 nitrogen and oxygen atoms in total. The molecular weight excluding hydrogens is 446 g/mol. The summed E-state index contributed by atoms with van der Waals surface area (Å²) >= 11 is 0. The van der Waals surface area contributed by atoms with Crippen LogP contribution in [0.25, 0.3) is 11.0 Å². The number of aliphatic hydroxyl groups is 1. The van der Waals surface area contributed by atoms with Gasteiger partial charge in [-0.15, -0.1) is 0 Å². The van der Waals surface area contributed by atoms with E-state index in [0.29, 0.717) is 22.3 Å². The van der Waals surface area contributed by atoms with Gasteiger partial charge in [-0.1, -0.05) is 18.2 Å². The standard InChI is InChI=1S/C25H16F2N2O5/c1-33-18-6-2-4-13-10-19(34-24(13)18)22(30)20-21(14-5-3-9-28-12-14)29(25(32)23(20)31)17-11-15(26)7-8-16(17)27/h2-12,21,31H,1H3. The first kappa shape index (κ1) is 21.3. The number of methoxy groups -OCH3 is 1. The molecule has 1 aliphatic rings. The number of rotatable bonds is 5. The third-order valence-electron chi connectivity index (χ3n) is 5.57. The lowest BCUT2D eigenvalue weighted by Crippen LogP contribution is -2.32. The van der Waals surface area contributed by atoms with Crippen LogP contribution in [0.1, 0.15) is 22.2 Å². The second-order valence-corrected chi connectivity index (χ2v) is 7.54. The van der Waals surface area contributed by atoms with Crippen molar-refractivity contribution in [2.75, 3.05) is 12.0 Å². The zero-order valence-electron chi connectivity index (χ0n) is 17.7. The minimum atomic E-state index is -1.28. The third kappa shape index (κ3) is 3.29. The number of ketones is 1. The molecule has 0 saturated carbocycles. The maximum absolute atomic E-state index is 14.7. The van der Waals surface area contributed by atoms with Crippen molar-refractivity contribution in [1.29, 1.82) is 0 Å². The monoisotopic (exact) mass is 462 g/mol. The maximum atomic E-state index is 14.7. The topological polar surface area (TPSA) is 92.9 Å². The van der Waals surface area contributed by atoms with Gasteiger partial charge in [-0.05, 0) is 35.9 Å². The fourth-order valence-corrected chi connectivity index (χ4v) is 4.05. The first-order chi connectivity index (χ1) is 16.4. The van der Waals surface area contributed by atoms with E-state index >= 15 is 0 Å². The molecule has 0 fully saturated rings. The number of hydrogen-bond donors (Lipinski definition) is 1. The van der Waals surface area contributed by atoms with Crippen molar-refractivity contribution in [2.45, 2.75) is 6.04 Å². The van der Waals surface area contributed by atoms with Gasteiger partial charge in [-0.2, -0.15) is 0 Å². The number of ether oxygens (including phenoxy) is 1. The molecular formula is C25H16F2N2O5. The summed E-state index contributed by atoms with van der Waals surface area (Å²) in [5.41, 5.74) is -0.163. The first-order valence-corrected chi connectivity index (χ1v) is 10.1. The Morgan fingerprint density at radius 3 is 2.71 bits per heavy atom. The molecule has 2 aromatic carbocycles. The van der Waals surface area contributed by atoms with Gasteiger partial charge in [0.1, 0.15) is 11.6 Å². The lowest BCUT2D eigenvalue weighted by atomic mass is 9.96. The number of anilines is 1.